The number of methoxy groups -OCH3 is 3. The molecule has 4 aromatic rings. The Labute approximate surface area is 255 Å². The number of amides is 2. The van der Waals surface area contributed by atoms with E-state index in [-0.39, 0.29) is 31.3 Å². The lowest BCUT2D eigenvalue weighted by molar-refractivity contribution is -0.141. The van der Waals surface area contributed by atoms with Crippen LogP contribution in [0.5, 0.6) is 17.2 Å². The maximum Gasteiger partial charge on any atom is 0.247 e. The number of rotatable bonds is 12. The van der Waals surface area contributed by atoms with Crippen molar-refractivity contribution in [2.24, 2.45) is 0 Å². The summed E-state index contributed by atoms with van der Waals surface area (Å²) in [4.78, 5) is 29.6. The van der Waals surface area contributed by atoms with Crippen LogP contribution in [0.3, 0.4) is 0 Å². The Kier molecular flexibility index (Phi) is 10.7. The average Bonchev–Trinajstić information content (AvgIpc) is 3.01. The summed E-state index contributed by atoms with van der Waals surface area (Å²) in [6, 6.07) is 26.1. The summed E-state index contributed by atoms with van der Waals surface area (Å²) in [6.45, 7) is 0.350. The van der Waals surface area contributed by atoms with Crippen molar-refractivity contribution >= 4 is 35.0 Å². The summed E-state index contributed by atoms with van der Waals surface area (Å²) in [5.74, 6) is 1.18. The van der Waals surface area contributed by atoms with E-state index in [1.54, 1.807) is 56.6 Å². The topological polar surface area (TPSA) is 77.1 Å². The maximum absolute atomic E-state index is 14.1. The van der Waals surface area contributed by atoms with Gasteiger partial charge < -0.3 is 24.4 Å². The van der Waals surface area contributed by atoms with Crippen LogP contribution in [0.4, 0.5) is 0 Å². The van der Waals surface area contributed by atoms with Gasteiger partial charge in [-0.05, 0) is 58.7 Å². The summed E-state index contributed by atoms with van der Waals surface area (Å²) in [6.07, 6.45) is 0.0378. The number of hydrogen-bond donors (Lipinski definition) is 1. The Morgan fingerprint density at radius 3 is 2.12 bits per heavy atom. The molecule has 0 aliphatic heterocycles. The van der Waals surface area contributed by atoms with Crippen LogP contribution >= 0.6 is 23.2 Å². The van der Waals surface area contributed by atoms with E-state index in [9.17, 15) is 9.59 Å². The summed E-state index contributed by atoms with van der Waals surface area (Å²) < 4.78 is 16.1. The third kappa shape index (κ3) is 7.75. The molecule has 218 valence electrons. The number of nitrogens with one attached hydrogen (secondary N) is 1. The highest BCUT2D eigenvalue weighted by molar-refractivity contribution is 6.35. The SMILES string of the molecule is COc1ccc(CN(C(=O)Cc2ccc(OC)c(OC)c2)C(C(=O)NCc2ccc(Cl)cc2Cl)c2ccccc2)cc1. The van der Waals surface area contributed by atoms with Gasteiger partial charge in [0.25, 0.3) is 0 Å². The highest BCUT2D eigenvalue weighted by Gasteiger charge is 2.32. The lowest BCUT2D eigenvalue weighted by Crippen LogP contribution is -2.43. The molecule has 1 N–H and O–H groups in total. The third-order valence-electron chi connectivity index (χ3n) is 6.78. The first-order valence-electron chi connectivity index (χ1n) is 13.2. The van der Waals surface area contributed by atoms with Crippen LogP contribution in [0.25, 0.3) is 0 Å². The molecule has 4 rings (SSSR count). The van der Waals surface area contributed by atoms with Gasteiger partial charge in [0.15, 0.2) is 11.5 Å². The van der Waals surface area contributed by atoms with Crippen molar-refractivity contribution < 1.29 is 23.8 Å². The fourth-order valence-corrected chi connectivity index (χ4v) is 5.05. The van der Waals surface area contributed by atoms with Crippen molar-refractivity contribution in [1.82, 2.24) is 10.2 Å². The number of ether oxygens (including phenoxy) is 3. The first kappa shape index (κ1) is 30.8. The van der Waals surface area contributed by atoms with Crippen molar-refractivity contribution in [2.45, 2.75) is 25.6 Å². The molecule has 0 radical (unpaired) electrons. The minimum absolute atomic E-state index is 0.0378. The Morgan fingerprint density at radius 1 is 0.786 bits per heavy atom. The van der Waals surface area contributed by atoms with Gasteiger partial charge in [0.1, 0.15) is 11.8 Å². The summed E-state index contributed by atoms with van der Waals surface area (Å²) in [7, 11) is 4.69. The van der Waals surface area contributed by atoms with Gasteiger partial charge >= 0.3 is 0 Å². The van der Waals surface area contributed by atoms with E-state index in [0.29, 0.717) is 38.4 Å². The van der Waals surface area contributed by atoms with Crippen molar-refractivity contribution in [2.75, 3.05) is 21.3 Å². The van der Waals surface area contributed by atoms with Gasteiger partial charge in [-0.2, -0.15) is 0 Å². The number of carbonyl (C=O) groups is 2. The zero-order chi connectivity index (χ0) is 30.1. The van der Waals surface area contributed by atoms with Crippen LogP contribution in [0.15, 0.2) is 91.0 Å². The maximum atomic E-state index is 14.1. The molecule has 0 aliphatic carbocycles. The Bertz CT molecular complexity index is 1510. The van der Waals surface area contributed by atoms with Crippen molar-refractivity contribution in [1.29, 1.82) is 0 Å². The monoisotopic (exact) mass is 606 g/mol. The molecule has 0 saturated heterocycles. The molecule has 1 unspecified atom stereocenters. The molecule has 0 spiro atoms. The molecule has 0 bridgehead atoms. The van der Waals surface area contributed by atoms with Gasteiger partial charge in [-0.15, -0.1) is 0 Å². The first-order valence-corrected chi connectivity index (χ1v) is 14.0. The quantitative estimate of drug-likeness (QED) is 0.195. The Balaban J connectivity index is 1.69. The van der Waals surface area contributed by atoms with Gasteiger partial charge in [0.05, 0.1) is 27.8 Å². The smallest absolute Gasteiger partial charge is 0.247 e. The average molecular weight is 608 g/mol. The fourth-order valence-electron chi connectivity index (χ4n) is 4.57. The van der Waals surface area contributed by atoms with Crippen LogP contribution < -0.4 is 19.5 Å². The van der Waals surface area contributed by atoms with E-state index in [2.05, 4.69) is 5.32 Å². The number of nitrogens with zero attached hydrogens (tertiary/aromatic N) is 1. The molecule has 7 nitrogen and oxygen atoms in total. The lowest BCUT2D eigenvalue weighted by Gasteiger charge is -2.32. The molecule has 0 aromatic heterocycles. The molecule has 0 saturated carbocycles. The fraction of sp³-hybridized carbons (Fsp3) is 0.212. The first-order chi connectivity index (χ1) is 20.3. The Hall–Kier alpha value is -4.20. The summed E-state index contributed by atoms with van der Waals surface area (Å²) in [5, 5.41) is 3.92. The lowest BCUT2D eigenvalue weighted by atomic mass is 10.0. The largest absolute Gasteiger partial charge is 0.497 e. The molecule has 9 heteroatoms. The van der Waals surface area contributed by atoms with E-state index < -0.39 is 6.04 Å². The number of benzene rings is 4. The standard InChI is InChI=1S/C33H32Cl2N2O5/c1-40-27-14-9-22(10-15-27)21-37(31(38)18-23-11-16-29(41-2)30(17-23)42-3)32(24-7-5-4-6-8-24)33(39)36-20-25-12-13-26(34)19-28(25)35/h4-17,19,32H,18,20-21H2,1-3H3,(H,36,39). The van der Waals surface area contributed by atoms with Gasteiger partial charge in [0, 0.05) is 23.1 Å². The normalized spacial score (nSPS) is 11.4. The molecule has 0 aliphatic rings. The highest BCUT2D eigenvalue weighted by atomic mass is 35.5. The number of hydrogen-bond acceptors (Lipinski definition) is 5. The molecule has 2 amide bonds. The molecular weight excluding hydrogens is 575 g/mol. The number of carbonyl (C=O) groups excluding carboxylic acids is 2. The van der Waals surface area contributed by atoms with Crippen LogP contribution in [0.2, 0.25) is 10.0 Å². The van der Waals surface area contributed by atoms with E-state index in [0.717, 1.165) is 11.1 Å². The summed E-state index contributed by atoms with van der Waals surface area (Å²) >= 11 is 12.4. The van der Waals surface area contributed by atoms with Crippen LogP contribution in [-0.4, -0.2) is 38.0 Å². The predicted molar refractivity (Wildman–Crippen MR) is 164 cm³/mol. The molecule has 0 fully saturated rings. The van der Waals surface area contributed by atoms with E-state index in [1.165, 1.54) is 0 Å². The van der Waals surface area contributed by atoms with E-state index in [4.69, 9.17) is 37.4 Å². The molecule has 42 heavy (non-hydrogen) atoms. The van der Waals surface area contributed by atoms with E-state index >= 15 is 0 Å². The molecular formula is C33H32Cl2N2O5. The Morgan fingerprint density at radius 2 is 1.48 bits per heavy atom. The van der Waals surface area contributed by atoms with Crippen molar-refractivity contribution in [3.8, 4) is 17.2 Å². The minimum atomic E-state index is -0.924. The van der Waals surface area contributed by atoms with Crippen LogP contribution in [0, 0.1) is 0 Å². The molecule has 1 atom stereocenters. The second kappa shape index (κ2) is 14.6. The van der Waals surface area contributed by atoms with Crippen LogP contribution in [0.1, 0.15) is 28.3 Å². The second-order valence-corrected chi connectivity index (χ2v) is 10.3. The van der Waals surface area contributed by atoms with Crippen LogP contribution in [-0.2, 0) is 29.1 Å². The zero-order valence-corrected chi connectivity index (χ0v) is 25.1. The molecule has 0 heterocycles. The van der Waals surface area contributed by atoms with Gasteiger partial charge in [-0.1, -0.05) is 77.8 Å². The minimum Gasteiger partial charge on any atom is -0.497 e. The van der Waals surface area contributed by atoms with E-state index in [1.807, 2.05) is 60.7 Å². The van der Waals surface area contributed by atoms with Gasteiger partial charge in [-0.25, -0.2) is 0 Å². The second-order valence-electron chi connectivity index (χ2n) is 9.50. The zero-order valence-electron chi connectivity index (χ0n) is 23.6. The highest BCUT2D eigenvalue weighted by Crippen LogP contribution is 2.30. The summed E-state index contributed by atoms with van der Waals surface area (Å²) in [5.41, 5.74) is 2.94. The van der Waals surface area contributed by atoms with Gasteiger partial charge in [0.2, 0.25) is 11.8 Å². The van der Waals surface area contributed by atoms with Crippen molar-refractivity contribution in [3.05, 3.63) is 123 Å². The van der Waals surface area contributed by atoms with Crippen molar-refractivity contribution in [3.63, 3.8) is 0 Å². The third-order valence-corrected chi connectivity index (χ3v) is 7.37. The number of halogens is 2. The predicted octanol–water partition coefficient (Wildman–Crippen LogP) is 6.65. The molecule has 4 aromatic carbocycles. The van der Waals surface area contributed by atoms with Gasteiger partial charge in [-0.3, -0.25) is 9.59 Å².